The zero-order valence-electron chi connectivity index (χ0n) is 5.99. The third kappa shape index (κ3) is 1.54. The normalized spacial score (nSPS) is 9.83. The lowest BCUT2D eigenvalue weighted by Crippen LogP contribution is -2.05. The fourth-order valence-electron chi connectivity index (χ4n) is 0.824. The van der Waals surface area contributed by atoms with Crippen molar-refractivity contribution in [2.24, 2.45) is 0 Å². The van der Waals surface area contributed by atoms with Crippen LogP contribution in [0.3, 0.4) is 0 Å². The number of carboxylic acids is 1. The highest BCUT2D eigenvalue weighted by Gasteiger charge is 2.14. The lowest BCUT2D eigenvalue weighted by molar-refractivity contribution is 0.0692. The molecule has 0 aliphatic carbocycles. The van der Waals surface area contributed by atoms with Gasteiger partial charge in [0.05, 0.1) is 17.3 Å². The molecule has 1 heterocycles. The Kier molecular flexibility index (Phi) is 2.62. The van der Waals surface area contributed by atoms with Crippen molar-refractivity contribution in [1.29, 1.82) is 0 Å². The topological polar surface area (TPSA) is 70.4 Å². The molecule has 0 spiro atoms. The van der Waals surface area contributed by atoms with Crippen molar-refractivity contribution in [3.8, 4) is 0 Å². The van der Waals surface area contributed by atoms with Gasteiger partial charge in [-0.25, -0.2) is 4.79 Å². The Morgan fingerprint density at radius 1 is 1.67 bits per heavy atom. The number of halogens is 1. The maximum Gasteiger partial charge on any atom is 0.339 e. The average Bonchev–Trinajstić information content (AvgIpc) is 2.03. The molecule has 0 aliphatic rings. The molecule has 0 atom stereocenters. The second-order valence-corrected chi connectivity index (χ2v) is 2.48. The fraction of sp³-hybridized carbons (Fsp3) is 0.143. The number of hydrogen-bond donors (Lipinski definition) is 2. The third-order valence-corrected chi connectivity index (χ3v) is 1.66. The first-order valence-corrected chi connectivity index (χ1v) is 3.52. The van der Waals surface area contributed by atoms with Gasteiger partial charge < -0.3 is 10.2 Å². The zero-order chi connectivity index (χ0) is 9.14. The molecule has 0 bridgehead atoms. The minimum atomic E-state index is -1.18. The number of nitrogens with zero attached hydrogens (tertiary/aromatic N) is 1. The highest BCUT2D eigenvalue weighted by molar-refractivity contribution is 6.33. The number of aromatic nitrogens is 1. The number of carboxylic acid groups (broad SMARTS) is 1. The van der Waals surface area contributed by atoms with E-state index in [1.807, 2.05) is 0 Å². The smallest absolute Gasteiger partial charge is 0.339 e. The van der Waals surface area contributed by atoms with Crippen LogP contribution < -0.4 is 0 Å². The summed E-state index contributed by atoms with van der Waals surface area (Å²) in [5, 5.41) is 17.4. The van der Waals surface area contributed by atoms with Crippen LogP contribution in [-0.2, 0) is 6.61 Å². The summed E-state index contributed by atoms with van der Waals surface area (Å²) >= 11 is 5.57. The van der Waals surface area contributed by atoms with E-state index in [0.717, 1.165) is 0 Å². The molecule has 0 aliphatic heterocycles. The maximum absolute atomic E-state index is 10.6. The number of aliphatic hydroxyl groups is 1. The van der Waals surface area contributed by atoms with Gasteiger partial charge in [0.15, 0.2) is 0 Å². The van der Waals surface area contributed by atoms with Crippen molar-refractivity contribution in [3.63, 3.8) is 0 Å². The predicted octanol–water partition coefficient (Wildman–Crippen LogP) is 0.925. The Hall–Kier alpha value is -1.13. The van der Waals surface area contributed by atoms with Crippen LogP contribution >= 0.6 is 11.6 Å². The molecule has 0 unspecified atom stereocenters. The number of pyridine rings is 1. The lowest BCUT2D eigenvalue weighted by Gasteiger charge is -2.02. The Balaban J connectivity index is 3.29. The highest BCUT2D eigenvalue weighted by Crippen LogP contribution is 2.17. The molecule has 12 heavy (non-hydrogen) atoms. The fourth-order valence-corrected chi connectivity index (χ4v) is 1.07. The molecule has 0 radical (unpaired) electrons. The first-order valence-electron chi connectivity index (χ1n) is 3.14. The van der Waals surface area contributed by atoms with E-state index < -0.39 is 12.6 Å². The summed E-state index contributed by atoms with van der Waals surface area (Å²) in [7, 11) is 0. The van der Waals surface area contributed by atoms with Crippen molar-refractivity contribution in [1.82, 2.24) is 4.98 Å². The largest absolute Gasteiger partial charge is 0.478 e. The van der Waals surface area contributed by atoms with E-state index in [-0.39, 0.29) is 16.3 Å². The van der Waals surface area contributed by atoms with E-state index in [0.29, 0.717) is 0 Å². The molecule has 0 amide bonds. The van der Waals surface area contributed by atoms with Gasteiger partial charge in [0.2, 0.25) is 0 Å². The summed E-state index contributed by atoms with van der Waals surface area (Å²) < 4.78 is 0. The first kappa shape index (κ1) is 8.96. The molecule has 1 aromatic heterocycles. The van der Waals surface area contributed by atoms with Gasteiger partial charge in [0.25, 0.3) is 0 Å². The minimum Gasteiger partial charge on any atom is -0.478 e. The monoisotopic (exact) mass is 187 g/mol. The van der Waals surface area contributed by atoms with Crippen LogP contribution in [0.2, 0.25) is 5.02 Å². The lowest BCUT2D eigenvalue weighted by atomic mass is 10.2. The van der Waals surface area contributed by atoms with Crippen LogP contribution in [0.5, 0.6) is 0 Å². The standard InChI is InChI=1S/C7H6ClNO3/c8-4-1-2-9-5(3-10)6(4)7(11)12/h1-2,10H,3H2,(H,11,12). The summed E-state index contributed by atoms with van der Waals surface area (Å²) in [5.74, 6) is -1.18. The van der Waals surface area contributed by atoms with Crippen LogP contribution in [0, 0.1) is 0 Å². The quantitative estimate of drug-likeness (QED) is 0.723. The van der Waals surface area contributed by atoms with E-state index in [2.05, 4.69) is 4.98 Å². The summed E-state index contributed by atoms with van der Waals surface area (Å²) in [4.78, 5) is 14.2. The van der Waals surface area contributed by atoms with E-state index in [1.165, 1.54) is 12.3 Å². The van der Waals surface area contributed by atoms with E-state index in [9.17, 15) is 4.79 Å². The average molecular weight is 188 g/mol. The van der Waals surface area contributed by atoms with Crippen LogP contribution in [0.1, 0.15) is 16.1 Å². The molecule has 64 valence electrons. The summed E-state index contributed by atoms with van der Waals surface area (Å²) in [6.07, 6.45) is 1.35. The zero-order valence-corrected chi connectivity index (χ0v) is 6.75. The Bertz CT molecular complexity index is 314. The third-order valence-electron chi connectivity index (χ3n) is 1.34. The maximum atomic E-state index is 10.6. The molecular weight excluding hydrogens is 182 g/mol. The SMILES string of the molecule is O=C(O)c1c(Cl)ccnc1CO. The number of aliphatic hydroxyl groups excluding tert-OH is 1. The number of aromatic carboxylic acids is 1. The molecule has 1 rings (SSSR count). The molecule has 0 fully saturated rings. The van der Waals surface area contributed by atoms with E-state index >= 15 is 0 Å². The first-order chi connectivity index (χ1) is 5.66. The van der Waals surface area contributed by atoms with Crippen molar-refractivity contribution < 1.29 is 15.0 Å². The second-order valence-electron chi connectivity index (χ2n) is 2.08. The van der Waals surface area contributed by atoms with E-state index in [4.69, 9.17) is 21.8 Å². The van der Waals surface area contributed by atoms with Crippen LogP contribution in [-0.4, -0.2) is 21.2 Å². The van der Waals surface area contributed by atoms with Gasteiger partial charge in [-0.15, -0.1) is 0 Å². The molecule has 1 aromatic rings. The molecule has 0 aromatic carbocycles. The molecule has 2 N–H and O–H groups in total. The molecule has 0 saturated heterocycles. The molecule has 5 heteroatoms. The van der Waals surface area contributed by atoms with E-state index in [1.54, 1.807) is 0 Å². The van der Waals surface area contributed by atoms with Gasteiger partial charge in [-0.05, 0) is 6.07 Å². The number of hydrogen-bond acceptors (Lipinski definition) is 3. The van der Waals surface area contributed by atoms with Gasteiger partial charge in [-0.3, -0.25) is 4.98 Å². The summed E-state index contributed by atoms with van der Waals surface area (Å²) in [5.41, 5.74) is -0.0586. The van der Waals surface area contributed by atoms with Gasteiger partial charge in [0.1, 0.15) is 5.56 Å². The molecule has 0 saturated carbocycles. The predicted molar refractivity (Wildman–Crippen MR) is 42.1 cm³/mol. The molecular formula is C7H6ClNO3. The van der Waals surface area contributed by atoms with Crippen molar-refractivity contribution >= 4 is 17.6 Å². The van der Waals surface area contributed by atoms with Crippen molar-refractivity contribution in [3.05, 3.63) is 28.5 Å². The van der Waals surface area contributed by atoms with Crippen molar-refractivity contribution in [2.45, 2.75) is 6.61 Å². The van der Waals surface area contributed by atoms with Crippen LogP contribution in [0.4, 0.5) is 0 Å². The molecule has 4 nitrogen and oxygen atoms in total. The minimum absolute atomic E-state index is 0.0787. The highest BCUT2D eigenvalue weighted by atomic mass is 35.5. The second kappa shape index (κ2) is 3.51. The summed E-state index contributed by atoms with van der Waals surface area (Å²) in [6.45, 7) is -0.428. The Morgan fingerprint density at radius 3 is 2.75 bits per heavy atom. The van der Waals surface area contributed by atoms with Gasteiger partial charge in [-0.2, -0.15) is 0 Å². The number of rotatable bonds is 2. The van der Waals surface area contributed by atoms with Crippen molar-refractivity contribution in [2.75, 3.05) is 0 Å². The summed E-state index contributed by atoms with van der Waals surface area (Å²) in [6, 6.07) is 1.37. The van der Waals surface area contributed by atoms with Gasteiger partial charge >= 0.3 is 5.97 Å². The number of carbonyl (C=O) groups is 1. The van der Waals surface area contributed by atoms with Gasteiger partial charge in [0, 0.05) is 6.20 Å². The van der Waals surface area contributed by atoms with Crippen LogP contribution in [0.15, 0.2) is 12.3 Å². The Labute approximate surface area is 73.4 Å². The van der Waals surface area contributed by atoms with Gasteiger partial charge in [-0.1, -0.05) is 11.6 Å². The Morgan fingerprint density at radius 2 is 2.33 bits per heavy atom. The van der Waals surface area contributed by atoms with Crippen LogP contribution in [0.25, 0.3) is 0 Å².